The fourth-order valence-corrected chi connectivity index (χ4v) is 3.07. The molecule has 1 atom stereocenters. The molecule has 1 aromatic rings. The number of nitrogens with one attached hydrogen (secondary N) is 1. The van der Waals surface area contributed by atoms with Crippen LogP contribution in [0.4, 0.5) is 10.1 Å². The molecular weight excluding hydrogens is 263 g/mol. The van der Waals surface area contributed by atoms with Crippen LogP contribution in [0.2, 0.25) is 0 Å². The zero-order chi connectivity index (χ0) is 13.7. The van der Waals surface area contributed by atoms with Crippen LogP contribution >= 0.6 is 11.8 Å². The minimum atomic E-state index is -0.379. The molecule has 1 unspecified atom stereocenters. The van der Waals surface area contributed by atoms with Gasteiger partial charge < -0.3 is 11.1 Å². The Morgan fingerprint density at radius 1 is 1.58 bits per heavy atom. The van der Waals surface area contributed by atoms with Crippen molar-refractivity contribution in [3.8, 4) is 11.8 Å². The molecule has 19 heavy (non-hydrogen) atoms. The molecule has 0 radical (unpaired) electrons. The summed E-state index contributed by atoms with van der Waals surface area (Å²) in [5.74, 6) is 6.94. The first kappa shape index (κ1) is 13.9. The number of carbonyl (C=O) groups is 1. The minimum absolute atomic E-state index is 0.0209. The highest BCUT2D eigenvalue weighted by Crippen LogP contribution is 2.25. The van der Waals surface area contributed by atoms with E-state index in [-0.39, 0.29) is 24.2 Å². The molecule has 1 aliphatic rings. The van der Waals surface area contributed by atoms with Gasteiger partial charge in [0.2, 0.25) is 5.91 Å². The lowest BCUT2D eigenvalue weighted by Gasteiger charge is -2.11. The Kier molecular flexibility index (Phi) is 4.83. The van der Waals surface area contributed by atoms with Crippen molar-refractivity contribution in [2.24, 2.45) is 11.7 Å². The molecule has 0 saturated carbocycles. The van der Waals surface area contributed by atoms with E-state index in [1.54, 1.807) is 11.8 Å². The van der Waals surface area contributed by atoms with E-state index in [4.69, 9.17) is 5.73 Å². The number of anilines is 1. The minimum Gasteiger partial charge on any atom is -0.325 e. The third-order valence-corrected chi connectivity index (χ3v) is 4.03. The van der Waals surface area contributed by atoms with Crippen molar-refractivity contribution in [3.05, 3.63) is 29.6 Å². The van der Waals surface area contributed by atoms with Crippen molar-refractivity contribution in [2.45, 2.75) is 6.42 Å². The molecule has 1 heterocycles. The van der Waals surface area contributed by atoms with Gasteiger partial charge in [-0.3, -0.25) is 4.79 Å². The van der Waals surface area contributed by atoms with Gasteiger partial charge in [-0.2, -0.15) is 11.8 Å². The number of nitrogens with two attached hydrogens (primary N) is 1. The van der Waals surface area contributed by atoms with E-state index in [1.807, 2.05) is 0 Å². The van der Waals surface area contributed by atoms with E-state index < -0.39 is 0 Å². The average molecular weight is 278 g/mol. The van der Waals surface area contributed by atoms with Crippen molar-refractivity contribution in [1.29, 1.82) is 0 Å². The summed E-state index contributed by atoms with van der Waals surface area (Å²) in [4.78, 5) is 12.0. The number of halogens is 1. The predicted molar refractivity (Wildman–Crippen MR) is 76.4 cm³/mol. The number of hydrogen-bond acceptors (Lipinski definition) is 3. The monoisotopic (exact) mass is 278 g/mol. The van der Waals surface area contributed by atoms with Gasteiger partial charge >= 0.3 is 0 Å². The Morgan fingerprint density at radius 3 is 3.11 bits per heavy atom. The number of rotatable bonds is 2. The number of benzene rings is 1. The lowest BCUT2D eigenvalue weighted by atomic mass is 10.1. The summed E-state index contributed by atoms with van der Waals surface area (Å²) in [5.41, 5.74) is 6.32. The first-order chi connectivity index (χ1) is 9.20. The smallest absolute Gasteiger partial charge is 0.228 e. The van der Waals surface area contributed by atoms with Crippen LogP contribution in [0.1, 0.15) is 12.0 Å². The molecule has 3 nitrogen and oxygen atoms in total. The van der Waals surface area contributed by atoms with Crippen LogP contribution in [0.5, 0.6) is 0 Å². The van der Waals surface area contributed by atoms with E-state index in [2.05, 4.69) is 17.2 Å². The SMILES string of the molecule is NCC#Cc1cc(F)ccc1NC(=O)C1CCSC1. The van der Waals surface area contributed by atoms with Gasteiger partial charge in [0.1, 0.15) is 5.82 Å². The molecule has 0 bridgehead atoms. The molecule has 0 aromatic heterocycles. The maximum atomic E-state index is 13.2. The molecule has 1 aliphatic heterocycles. The standard InChI is InChI=1S/C14H15FN2OS/c15-12-3-4-13(10(8-12)2-1-6-16)17-14(18)11-5-7-19-9-11/h3-4,8,11H,5-7,9,16H2,(H,17,18). The van der Waals surface area contributed by atoms with Gasteiger partial charge in [-0.15, -0.1) is 0 Å². The molecule has 2 rings (SSSR count). The molecule has 5 heteroatoms. The first-order valence-electron chi connectivity index (χ1n) is 6.08. The van der Waals surface area contributed by atoms with E-state index in [0.717, 1.165) is 17.9 Å². The summed E-state index contributed by atoms with van der Waals surface area (Å²) in [7, 11) is 0. The highest BCUT2D eigenvalue weighted by Gasteiger charge is 2.23. The van der Waals surface area contributed by atoms with E-state index in [1.165, 1.54) is 18.2 Å². The second-order valence-electron chi connectivity index (χ2n) is 4.25. The second-order valence-corrected chi connectivity index (χ2v) is 5.40. The Hall–Kier alpha value is -1.51. The van der Waals surface area contributed by atoms with Gasteiger partial charge in [0.05, 0.1) is 17.8 Å². The van der Waals surface area contributed by atoms with Crippen molar-refractivity contribution < 1.29 is 9.18 Å². The van der Waals surface area contributed by atoms with E-state index >= 15 is 0 Å². The predicted octanol–water partition coefficient (Wildman–Crippen LogP) is 1.83. The number of hydrogen-bond donors (Lipinski definition) is 2. The molecule has 0 spiro atoms. The summed E-state index contributed by atoms with van der Waals surface area (Å²) in [6.45, 7) is 0.198. The lowest BCUT2D eigenvalue weighted by Crippen LogP contribution is -2.22. The molecule has 0 aliphatic carbocycles. The lowest BCUT2D eigenvalue weighted by molar-refractivity contribution is -0.119. The molecule has 3 N–H and O–H groups in total. The second kappa shape index (κ2) is 6.60. The third kappa shape index (κ3) is 3.72. The zero-order valence-corrected chi connectivity index (χ0v) is 11.2. The fourth-order valence-electron chi connectivity index (χ4n) is 1.85. The summed E-state index contributed by atoms with van der Waals surface area (Å²) >= 11 is 1.78. The Bertz CT molecular complexity index is 530. The molecule has 100 valence electrons. The van der Waals surface area contributed by atoms with Gasteiger partial charge in [-0.1, -0.05) is 11.8 Å². The summed E-state index contributed by atoms with van der Waals surface area (Å²) in [6.07, 6.45) is 0.890. The van der Waals surface area contributed by atoms with Crippen LogP contribution < -0.4 is 11.1 Å². The molecule has 1 amide bonds. The quantitative estimate of drug-likeness (QED) is 0.811. The molecule has 1 aromatic carbocycles. The summed E-state index contributed by atoms with van der Waals surface area (Å²) in [6, 6.07) is 4.16. The maximum Gasteiger partial charge on any atom is 0.228 e. The van der Waals surface area contributed by atoms with Crippen LogP contribution in [-0.2, 0) is 4.79 Å². The van der Waals surface area contributed by atoms with Crippen LogP contribution in [0.3, 0.4) is 0 Å². The first-order valence-corrected chi connectivity index (χ1v) is 7.23. The van der Waals surface area contributed by atoms with Crippen molar-refractivity contribution >= 4 is 23.4 Å². The van der Waals surface area contributed by atoms with E-state index in [9.17, 15) is 9.18 Å². The van der Waals surface area contributed by atoms with Crippen LogP contribution in [-0.4, -0.2) is 24.0 Å². The largest absolute Gasteiger partial charge is 0.325 e. The van der Waals surface area contributed by atoms with Crippen LogP contribution in [0.25, 0.3) is 0 Å². The zero-order valence-electron chi connectivity index (χ0n) is 10.4. The van der Waals surface area contributed by atoms with E-state index in [0.29, 0.717) is 11.3 Å². The van der Waals surface area contributed by atoms with Crippen molar-refractivity contribution in [2.75, 3.05) is 23.4 Å². The average Bonchev–Trinajstić information content (AvgIpc) is 2.93. The molecule has 1 fully saturated rings. The van der Waals surface area contributed by atoms with Gasteiger partial charge in [0.15, 0.2) is 0 Å². The normalized spacial score (nSPS) is 17.7. The number of thioether (sulfide) groups is 1. The highest BCUT2D eigenvalue weighted by atomic mass is 32.2. The summed E-state index contributed by atoms with van der Waals surface area (Å²) < 4.78 is 13.2. The third-order valence-electron chi connectivity index (χ3n) is 2.87. The Morgan fingerprint density at radius 2 is 2.42 bits per heavy atom. The number of amides is 1. The van der Waals surface area contributed by atoms with Gasteiger partial charge in [0.25, 0.3) is 0 Å². The topological polar surface area (TPSA) is 55.1 Å². The van der Waals surface area contributed by atoms with Gasteiger partial charge in [0, 0.05) is 11.7 Å². The van der Waals surface area contributed by atoms with Crippen molar-refractivity contribution in [1.82, 2.24) is 0 Å². The number of carbonyl (C=O) groups excluding carboxylic acids is 1. The fraction of sp³-hybridized carbons (Fsp3) is 0.357. The highest BCUT2D eigenvalue weighted by molar-refractivity contribution is 7.99. The Balaban J connectivity index is 2.16. The maximum absolute atomic E-state index is 13.2. The molecular formula is C14H15FN2OS. The van der Waals surface area contributed by atoms with Crippen molar-refractivity contribution in [3.63, 3.8) is 0 Å². The Labute approximate surface area is 116 Å². The summed E-state index contributed by atoms with van der Waals surface area (Å²) in [5, 5.41) is 2.83. The van der Waals surface area contributed by atoms with Crippen LogP contribution in [0, 0.1) is 23.6 Å². The van der Waals surface area contributed by atoms with Crippen LogP contribution in [0.15, 0.2) is 18.2 Å². The van der Waals surface area contributed by atoms with Gasteiger partial charge in [-0.05, 0) is 30.4 Å². The van der Waals surface area contributed by atoms with Gasteiger partial charge in [-0.25, -0.2) is 4.39 Å². The molecule has 1 saturated heterocycles.